The molecule has 0 heterocycles. The van der Waals surface area contributed by atoms with E-state index in [4.69, 9.17) is 5.26 Å². The van der Waals surface area contributed by atoms with Crippen LogP contribution in [-0.2, 0) is 4.79 Å². The van der Waals surface area contributed by atoms with E-state index in [1.54, 1.807) is 24.3 Å². The highest BCUT2D eigenvalue weighted by Gasteiger charge is 2.22. The molecule has 2 rings (SSSR count). The zero-order valence-corrected chi connectivity index (χ0v) is 15.4. The summed E-state index contributed by atoms with van der Waals surface area (Å²) >= 11 is 3.44. The zero-order chi connectivity index (χ0) is 17.5. The molecule has 0 bridgehead atoms. The van der Waals surface area contributed by atoms with Gasteiger partial charge in [-0.3, -0.25) is 4.79 Å². The SMILES string of the molecule is CC[C@H]([NH2+][C@H](C)C(=O)Nc1cccc(C#N)c1)c1ccc(Br)cc1. The van der Waals surface area contributed by atoms with Gasteiger partial charge in [0, 0.05) is 22.1 Å². The number of nitriles is 1. The third-order valence-corrected chi connectivity index (χ3v) is 4.46. The highest BCUT2D eigenvalue weighted by atomic mass is 79.9. The molecule has 0 saturated carbocycles. The van der Waals surface area contributed by atoms with Gasteiger partial charge >= 0.3 is 0 Å². The number of carbonyl (C=O) groups excluding carboxylic acids is 1. The number of hydrogen-bond acceptors (Lipinski definition) is 2. The average molecular weight is 387 g/mol. The van der Waals surface area contributed by atoms with Gasteiger partial charge < -0.3 is 10.6 Å². The number of halogens is 1. The summed E-state index contributed by atoms with van der Waals surface area (Å²) in [5.41, 5.74) is 2.38. The lowest BCUT2D eigenvalue weighted by Gasteiger charge is -2.19. The lowest BCUT2D eigenvalue weighted by Crippen LogP contribution is -2.92. The molecule has 0 aliphatic heterocycles. The molecule has 0 saturated heterocycles. The van der Waals surface area contributed by atoms with Crippen molar-refractivity contribution in [3.8, 4) is 6.07 Å². The highest BCUT2D eigenvalue weighted by molar-refractivity contribution is 9.10. The average Bonchev–Trinajstić information content (AvgIpc) is 2.60. The Kier molecular flexibility index (Phi) is 6.53. The highest BCUT2D eigenvalue weighted by Crippen LogP contribution is 2.17. The van der Waals surface area contributed by atoms with Crippen LogP contribution < -0.4 is 10.6 Å². The summed E-state index contributed by atoms with van der Waals surface area (Å²) in [6, 6.07) is 17.2. The molecule has 0 radical (unpaired) electrons. The normalized spacial score (nSPS) is 12.9. The van der Waals surface area contributed by atoms with E-state index in [0.29, 0.717) is 11.3 Å². The molecule has 0 fully saturated rings. The molecule has 0 aromatic heterocycles. The van der Waals surface area contributed by atoms with Crippen molar-refractivity contribution in [2.24, 2.45) is 0 Å². The van der Waals surface area contributed by atoms with E-state index in [2.05, 4.69) is 51.7 Å². The Hall–Kier alpha value is -2.16. The second-order valence-electron chi connectivity index (χ2n) is 5.73. The van der Waals surface area contributed by atoms with Crippen LogP contribution in [0.25, 0.3) is 0 Å². The Balaban J connectivity index is 2.01. The summed E-state index contributed by atoms with van der Waals surface area (Å²) in [7, 11) is 0. The first-order valence-corrected chi connectivity index (χ1v) is 8.74. The van der Waals surface area contributed by atoms with Crippen LogP contribution in [0.3, 0.4) is 0 Å². The number of nitrogens with two attached hydrogens (primary N) is 1. The number of nitrogens with zero attached hydrogens (tertiary/aromatic N) is 1. The van der Waals surface area contributed by atoms with Crippen LogP contribution in [0.1, 0.15) is 37.4 Å². The Bertz CT molecular complexity index is 737. The second kappa shape index (κ2) is 8.62. The molecule has 0 aliphatic rings. The molecule has 2 aromatic rings. The van der Waals surface area contributed by atoms with Crippen molar-refractivity contribution in [2.45, 2.75) is 32.4 Å². The fraction of sp³-hybridized carbons (Fsp3) is 0.263. The summed E-state index contributed by atoms with van der Waals surface area (Å²) in [6.45, 7) is 4.01. The van der Waals surface area contributed by atoms with Crippen LogP contribution in [0.2, 0.25) is 0 Å². The van der Waals surface area contributed by atoms with E-state index in [9.17, 15) is 4.79 Å². The van der Waals surface area contributed by atoms with E-state index in [0.717, 1.165) is 10.9 Å². The minimum absolute atomic E-state index is 0.0688. The van der Waals surface area contributed by atoms with Crippen LogP contribution in [0.15, 0.2) is 53.0 Å². The first-order chi connectivity index (χ1) is 11.5. The quantitative estimate of drug-likeness (QED) is 0.798. The predicted octanol–water partition coefficient (Wildman–Crippen LogP) is 3.36. The van der Waals surface area contributed by atoms with E-state index in [1.165, 1.54) is 5.56 Å². The van der Waals surface area contributed by atoms with Crippen LogP contribution in [0, 0.1) is 11.3 Å². The number of carbonyl (C=O) groups is 1. The van der Waals surface area contributed by atoms with Gasteiger partial charge in [0.2, 0.25) is 0 Å². The van der Waals surface area contributed by atoms with Gasteiger partial charge in [0.05, 0.1) is 11.6 Å². The molecule has 0 aliphatic carbocycles. The number of quaternary nitrogens is 1. The van der Waals surface area contributed by atoms with Crippen molar-refractivity contribution in [1.29, 1.82) is 5.26 Å². The molecule has 1 amide bonds. The lowest BCUT2D eigenvalue weighted by atomic mass is 10.0. The maximum Gasteiger partial charge on any atom is 0.282 e. The van der Waals surface area contributed by atoms with Crippen molar-refractivity contribution in [3.63, 3.8) is 0 Å². The Morgan fingerprint density at radius 2 is 2.00 bits per heavy atom. The van der Waals surface area contributed by atoms with E-state index in [1.807, 2.05) is 19.1 Å². The molecule has 4 nitrogen and oxygen atoms in total. The number of anilines is 1. The lowest BCUT2D eigenvalue weighted by molar-refractivity contribution is -0.713. The van der Waals surface area contributed by atoms with Crippen LogP contribution in [-0.4, -0.2) is 11.9 Å². The topological polar surface area (TPSA) is 69.5 Å². The summed E-state index contributed by atoms with van der Waals surface area (Å²) < 4.78 is 1.05. The molecule has 0 spiro atoms. The van der Waals surface area contributed by atoms with Crippen molar-refractivity contribution < 1.29 is 10.1 Å². The Labute approximate surface area is 151 Å². The second-order valence-corrected chi connectivity index (χ2v) is 6.64. The minimum atomic E-state index is -0.232. The summed E-state index contributed by atoms with van der Waals surface area (Å²) in [5, 5.41) is 13.9. The molecule has 5 heteroatoms. The Morgan fingerprint density at radius 3 is 2.62 bits per heavy atom. The van der Waals surface area contributed by atoms with Gasteiger partial charge in [-0.15, -0.1) is 0 Å². The molecule has 124 valence electrons. The van der Waals surface area contributed by atoms with Gasteiger partial charge in [-0.05, 0) is 37.3 Å². The van der Waals surface area contributed by atoms with E-state index < -0.39 is 0 Å². The van der Waals surface area contributed by atoms with Crippen LogP contribution in [0.4, 0.5) is 5.69 Å². The monoisotopic (exact) mass is 386 g/mol. The third-order valence-electron chi connectivity index (χ3n) is 3.93. The zero-order valence-electron chi connectivity index (χ0n) is 13.8. The van der Waals surface area contributed by atoms with Gasteiger partial charge in [0.1, 0.15) is 6.04 Å². The fourth-order valence-corrected chi connectivity index (χ4v) is 2.82. The van der Waals surface area contributed by atoms with Crippen molar-refractivity contribution >= 4 is 27.5 Å². The largest absolute Gasteiger partial charge is 0.330 e. The minimum Gasteiger partial charge on any atom is -0.330 e. The number of amides is 1. The van der Waals surface area contributed by atoms with Crippen LogP contribution >= 0.6 is 15.9 Å². The summed E-state index contributed by atoms with van der Waals surface area (Å²) in [5.74, 6) is -0.0688. The summed E-state index contributed by atoms with van der Waals surface area (Å²) in [4.78, 5) is 12.4. The molecule has 2 atom stereocenters. The molecule has 2 aromatic carbocycles. The molecular formula is C19H21BrN3O+. The first-order valence-electron chi connectivity index (χ1n) is 7.95. The third kappa shape index (κ3) is 4.92. The standard InChI is InChI=1S/C19H20BrN3O/c1-3-18(15-7-9-16(20)10-8-15)22-13(2)19(24)23-17-6-4-5-14(11-17)12-21/h4-11,13,18,22H,3H2,1-2H3,(H,23,24)/p+1/t13-,18+/m1/s1. The van der Waals surface area contributed by atoms with Gasteiger partial charge in [-0.1, -0.05) is 41.1 Å². The van der Waals surface area contributed by atoms with E-state index in [-0.39, 0.29) is 18.0 Å². The smallest absolute Gasteiger partial charge is 0.282 e. The molecule has 3 N–H and O–H groups in total. The Morgan fingerprint density at radius 1 is 1.29 bits per heavy atom. The van der Waals surface area contributed by atoms with Gasteiger partial charge in [-0.25, -0.2) is 0 Å². The van der Waals surface area contributed by atoms with Crippen molar-refractivity contribution in [3.05, 3.63) is 64.1 Å². The molecule has 0 unspecified atom stereocenters. The van der Waals surface area contributed by atoms with E-state index >= 15 is 0 Å². The predicted molar refractivity (Wildman–Crippen MR) is 98.3 cm³/mol. The summed E-state index contributed by atoms with van der Waals surface area (Å²) in [6.07, 6.45) is 0.934. The fourth-order valence-electron chi connectivity index (χ4n) is 2.55. The number of benzene rings is 2. The first kappa shape index (κ1) is 18.2. The number of nitrogens with one attached hydrogen (secondary N) is 1. The van der Waals surface area contributed by atoms with Gasteiger partial charge in [0.15, 0.2) is 6.04 Å². The van der Waals surface area contributed by atoms with Gasteiger partial charge in [-0.2, -0.15) is 5.26 Å². The number of hydrogen-bond donors (Lipinski definition) is 2. The number of rotatable bonds is 6. The molecular weight excluding hydrogens is 366 g/mol. The van der Waals surface area contributed by atoms with Crippen LogP contribution in [0.5, 0.6) is 0 Å². The molecule has 24 heavy (non-hydrogen) atoms. The maximum atomic E-state index is 12.4. The van der Waals surface area contributed by atoms with Crippen molar-refractivity contribution in [2.75, 3.05) is 5.32 Å². The maximum absolute atomic E-state index is 12.4. The van der Waals surface area contributed by atoms with Crippen molar-refractivity contribution in [1.82, 2.24) is 0 Å². The van der Waals surface area contributed by atoms with Gasteiger partial charge in [0.25, 0.3) is 5.91 Å².